The molecule has 2 aromatic rings. The summed E-state index contributed by atoms with van der Waals surface area (Å²) in [5.74, 6) is 0. The molecule has 0 saturated carbocycles. The van der Waals surface area contributed by atoms with Gasteiger partial charge in [0.05, 0.1) is 23.4 Å². The van der Waals surface area contributed by atoms with Crippen molar-refractivity contribution in [2.24, 2.45) is 0 Å². The van der Waals surface area contributed by atoms with Crippen LogP contribution in [-0.2, 0) is 16.8 Å². The van der Waals surface area contributed by atoms with Crippen LogP contribution in [0.25, 0.3) is 11.0 Å². The fourth-order valence-corrected chi connectivity index (χ4v) is 3.03. The topological polar surface area (TPSA) is 91.0 Å². The quantitative estimate of drug-likeness (QED) is 0.737. The first-order valence-electron chi connectivity index (χ1n) is 7.02. The number of nitrogens with one attached hydrogen (secondary N) is 1. The second-order valence-electron chi connectivity index (χ2n) is 4.91. The number of nitrogens with zero attached hydrogens (tertiary/aromatic N) is 4. The van der Waals surface area contributed by atoms with Crippen molar-refractivity contribution in [1.82, 2.24) is 18.6 Å². The predicted molar refractivity (Wildman–Crippen MR) is 84.1 cm³/mol. The Hall–Kier alpha value is -1.95. The summed E-state index contributed by atoms with van der Waals surface area (Å²) in [5, 5.41) is 8.49. The number of rotatable bonds is 8. The summed E-state index contributed by atoms with van der Waals surface area (Å²) in [7, 11) is -2.05. The van der Waals surface area contributed by atoms with Gasteiger partial charge in [0.15, 0.2) is 0 Å². The minimum absolute atomic E-state index is 0.179. The van der Waals surface area contributed by atoms with Gasteiger partial charge in [0.2, 0.25) is 0 Å². The Morgan fingerprint density at radius 3 is 2.95 bits per heavy atom. The van der Waals surface area contributed by atoms with Crippen LogP contribution in [0.15, 0.2) is 30.6 Å². The van der Waals surface area contributed by atoms with E-state index in [2.05, 4.69) is 9.71 Å². The van der Waals surface area contributed by atoms with E-state index in [0.29, 0.717) is 19.5 Å². The second kappa shape index (κ2) is 7.35. The fraction of sp³-hybridized carbons (Fsp3) is 0.429. The van der Waals surface area contributed by atoms with Crippen LogP contribution in [0.3, 0.4) is 0 Å². The summed E-state index contributed by atoms with van der Waals surface area (Å²) in [6.07, 6.45) is 2.60. The second-order valence-corrected chi connectivity index (χ2v) is 6.77. The Morgan fingerprint density at radius 1 is 1.41 bits per heavy atom. The van der Waals surface area contributed by atoms with Gasteiger partial charge in [-0.2, -0.15) is 18.0 Å². The van der Waals surface area contributed by atoms with E-state index in [1.807, 2.05) is 34.9 Å². The molecule has 0 aliphatic rings. The maximum absolute atomic E-state index is 11.9. The molecule has 8 heteroatoms. The van der Waals surface area contributed by atoms with Crippen LogP contribution in [0.1, 0.15) is 12.8 Å². The van der Waals surface area contributed by atoms with E-state index in [9.17, 15) is 8.42 Å². The third-order valence-corrected chi connectivity index (χ3v) is 4.91. The zero-order valence-corrected chi connectivity index (χ0v) is 13.3. The van der Waals surface area contributed by atoms with E-state index in [0.717, 1.165) is 15.3 Å². The molecule has 0 unspecified atom stereocenters. The molecule has 0 amide bonds. The Bertz CT molecular complexity index is 763. The third kappa shape index (κ3) is 4.04. The Morgan fingerprint density at radius 2 is 2.18 bits per heavy atom. The highest BCUT2D eigenvalue weighted by Crippen LogP contribution is 2.11. The lowest BCUT2D eigenvalue weighted by molar-refractivity contribution is 0.462. The molecular formula is C14H19N5O2S. The first-order chi connectivity index (χ1) is 10.5. The summed E-state index contributed by atoms with van der Waals surface area (Å²) < 4.78 is 29.5. The van der Waals surface area contributed by atoms with Gasteiger partial charge in [0.25, 0.3) is 10.2 Å². The fourth-order valence-electron chi connectivity index (χ4n) is 2.08. The summed E-state index contributed by atoms with van der Waals surface area (Å²) in [4.78, 5) is 4.29. The molecule has 118 valence electrons. The minimum atomic E-state index is -3.51. The molecule has 2 rings (SSSR count). The van der Waals surface area contributed by atoms with E-state index in [1.165, 1.54) is 7.05 Å². The molecule has 0 spiro atoms. The van der Waals surface area contributed by atoms with Crippen molar-refractivity contribution in [2.45, 2.75) is 19.4 Å². The Kier molecular flexibility index (Phi) is 5.49. The molecule has 0 aliphatic carbocycles. The van der Waals surface area contributed by atoms with Crippen LogP contribution < -0.4 is 4.72 Å². The largest absolute Gasteiger partial charge is 0.331 e. The molecule has 0 fully saturated rings. The van der Waals surface area contributed by atoms with Crippen LogP contribution in [0.4, 0.5) is 0 Å². The van der Waals surface area contributed by atoms with Gasteiger partial charge < -0.3 is 4.57 Å². The van der Waals surface area contributed by atoms with Crippen molar-refractivity contribution in [2.75, 3.05) is 20.1 Å². The summed E-state index contributed by atoms with van der Waals surface area (Å²) in [6.45, 7) is 1.22. The lowest BCUT2D eigenvalue weighted by Crippen LogP contribution is -2.39. The number of fused-ring (bicyclic) bond motifs is 1. The summed E-state index contributed by atoms with van der Waals surface area (Å²) in [6, 6.07) is 9.75. The average Bonchev–Trinajstić information content (AvgIpc) is 2.92. The zero-order chi connectivity index (χ0) is 16.0. The monoisotopic (exact) mass is 321 g/mol. The molecule has 0 saturated heterocycles. The van der Waals surface area contributed by atoms with E-state index in [1.54, 1.807) is 6.33 Å². The van der Waals surface area contributed by atoms with Gasteiger partial charge in [-0.3, -0.25) is 0 Å². The summed E-state index contributed by atoms with van der Waals surface area (Å²) >= 11 is 0. The van der Waals surface area contributed by atoms with E-state index < -0.39 is 10.2 Å². The predicted octanol–water partition coefficient (Wildman–Crippen LogP) is 1.11. The molecule has 1 N–H and O–H groups in total. The van der Waals surface area contributed by atoms with Crippen LogP contribution in [0.2, 0.25) is 0 Å². The van der Waals surface area contributed by atoms with Crippen molar-refractivity contribution in [3.05, 3.63) is 30.6 Å². The molecule has 22 heavy (non-hydrogen) atoms. The van der Waals surface area contributed by atoms with Crippen molar-refractivity contribution < 1.29 is 8.42 Å². The maximum atomic E-state index is 11.9. The van der Waals surface area contributed by atoms with Gasteiger partial charge in [-0.05, 0) is 18.6 Å². The Labute approximate surface area is 130 Å². The normalized spacial score (nSPS) is 11.9. The number of benzene rings is 1. The smallest absolute Gasteiger partial charge is 0.279 e. The molecular weight excluding hydrogens is 302 g/mol. The molecule has 7 nitrogen and oxygen atoms in total. The Balaban J connectivity index is 1.83. The number of hydrogen-bond acceptors (Lipinski definition) is 4. The average molecular weight is 321 g/mol. The van der Waals surface area contributed by atoms with Gasteiger partial charge in [0.1, 0.15) is 0 Å². The minimum Gasteiger partial charge on any atom is -0.331 e. The first kappa shape index (κ1) is 16.4. The lowest BCUT2D eigenvalue weighted by Gasteiger charge is -2.16. The van der Waals surface area contributed by atoms with Gasteiger partial charge in [-0.25, -0.2) is 9.71 Å². The SMILES string of the molecule is CN(CCC#N)S(=O)(=O)NCCCn1cnc2ccccc21. The molecule has 0 radical (unpaired) electrons. The number of para-hydroxylation sites is 2. The highest BCUT2D eigenvalue weighted by molar-refractivity contribution is 7.87. The maximum Gasteiger partial charge on any atom is 0.279 e. The van der Waals surface area contributed by atoms with E-state index in [4.69, 9.17) is 5.26 Å². The van der Waals surface area contributed by atoms with Crippen molar-refractivity contribution in [3.8, 4) is 6.07 Å². The summed E-state index contributed by atoms with van der Waals surface area (Å²) in [5.41, 5.74) is 1.97. The number of hydrogen-bond donors (Lipinski definition) is 1. The molecule has 0 atom stereocenters. The van der Waals surface area contributed by atoms with Crippen LogP contribution in [0.5, 0.6) is 0 Å². The lowest BCUT2D eigenvalue weighted by atomic mass is 10.3. The molecule has 1 heterocycles. The number of aromatic nitrogens is 2. The van der Waals surface area contributed by atoms with Crippen LogP contribution in [-0.4, -0.2) is 42.4 Å². The molecule has 0 bridgehead atoms. The zero-order valence-electron chi connectivity index (χ0n) is 12.4. The van der Waals surface area contributed by atoms with Crippen molar-refractivity contribution >= 4 is 21.2 Å². The van der Waals surface area contributed by atoms with Gasteiger partial charge in [-0.1, -0.05) is 12.1 Å². The van der Waals surface area contributed by atoms with Crippen LogP contribution in [0, 0.1) is 11.3 Å². The molecule has 1 aromatic heterocycles. The standard InChI is InChI=1S/C14H19N5O2S/c1-18(10-4-8-15)22(20,21)17-9-5-11-19-12-16-13-6-2-3-7-14(13)19/h2-3,6-7,12,17H,4-5,9-11H2,1H3. The van der Waals surface area contributed by atoms with E-state index in [-0.39, 0.29) is 13.0 Å². The van der Waals surface area contributed by atoms with Crippen LogP contribution >= 0.6 is 0 Å². The van der Waals surface area contributed by atoms with E-state index >= 15 is 0 Å². The van der Waals surface area contributed by atoms with Gasteiger partial charge in [-0.15, -0.1) is 0 Å². The van der Waals surface area contributed by atoms with Gasteiger partial charge in [0, 0.05) is 33.1 Å². The number of nitriles is 1. The van der Waals surface area contributed by atoms with Crippen molar-refractivity contribution in [3.63, 3.8) is 0 Å². The molecule has 1 aromatic carbocycles. The highest BCUT2D eigenvalue weighted by atomic mass is 32.2. The molecule has 0 aliphatic heterocycles. The first-order valence-corrected chi connectivity index (χ1v) is 8.46. The highest BCUT2D eigenvalue weighted by Gasteiger charge is 2.15. The van der Waals surface area contributed by atoms with Crippen molar-refractivity contribution in [1.29, 1.82) is 5.26 Å². The third-order valence-electron chi connectivity index (χ3n) is 3.34. The number of aryl methyl sites for hydroxylation is 1. The van der Waals surface area contributed by atoms with Gasteiger partial charge >= 0.3 is 0 Å². The number of imidazole rings is 1.